The number of para-hydroxylation sites is 1. The molecule has 1 aromatic heterocycles. The van der Waals surface area contributed by atoms with Crippen molar-refractivity contribution < 1.29 is 13.9 Å². The fraction of sp³-hybridized carbons (Fsp3) is 0.214. The van der Waals surface area contributed by atoms with E-state index in [1.165, 1.54) is 0 Å². The van der Waals surface area contributed by atoms with Crippen molar-refractivity contribution in [2.45, 2.75) is 13.5 Å². The van der Waals surface area contributed by atoms with E-state index in [4.69, 9.17) is 14.9 Å². The van der Waals surface area contributed by atoms with Gasteiger partial charge in [-0.05, 0) is 31.2 Å². The highest BCUT2D eigenvalue weighted by molar-refractivity contribution is 5.98. The molecule has 0 aliphatic carbocycles. The molecule has 5 nitrogen and oxygen atoms in total. The van der Waals surface area contributed by atoms with Gasteiger partial charge in [-0.1, -0.05) is 6.07 Å². The van der Waals surface area contributed by atoms with Crippen LogP contribution in [0.5, 0.6) is 5.75 Å². The third-order valence-corrected chi connectivity index (χ3v) is 2.58. The molecule has 1 aromatic carbocycles. The Morgan fingerprint density at radius 3 is 2.89 bits per heavy atom. The van der Waals surface area contributed by atoms with Gasteiger partial charge in [-0.2, -0.15) is 0 Å². The largest absolute Gasteiger partial charge is 0.491 e. The number of amides is 1. The van der Waals surface area contributed by atoms with E-state index in [1.807, 2.05) is 6.92 Å². The number of ether oxygens (including phenoxy) is 1. The SMILES string of the molecule is CCOc1c(N)cccc1C(=O)NCc1ccco1. The summed E-state index contributed by atoms with van der Waals surface area (Å²) in [4.78, 5) is 12.1. The summed E-state index contributed by atoms with van der Waals surface area (Å²) in [5.41, 5.74) is 6.69. The second-order valence-corrected chi connectivity index (χ2v) is 3.92. The van der Waals surface area contributed by atoms with Gasteiger partial charge in [0.15, 0.2) is 5.75 Å². The van der Waals surface area contributed by atoms with Crippen molar-refractivity contribution in [3.63, 3.8) is 0 Å². The highest BCUT2D eigenvalue weighted by Gasteiger charge is 2.14. The quantitative estimate of drug-likeness (QED) is 0.808. The number of nitrogen functional groups attached to an aromatic ring is 1. The summed E-state index contributed by atoms with van der Waals surface area (Å²) >= 11 is 0. The molecule has 0 aliphatic heterocycles. The third-order valence-electron chi connectivity index (χ3n) is 2.58. The lowest BCUT2D eigenvalue weighted by Crippen LogP contribution is -2.23. The first-order valence-electron chi connectivity index (χ1n) is 6.04. The first-order valence-corrected chi connectivity index (χ1v) is 6.04. The molecule has 0 saturated carbocycles. The number of anilines is 1. The summed E-state index contributed by atoms with van der Waals surface area (Å²) in [5, 5.41) is 2.76. The first kappa shape index (κ1) is 13.0. The van der Waals surface area contributed by atoms with Crippen molar-refractivity contribution in [3.8, 4) is 5.75 Å². The van der Waals surface area contributed by atoms with E-state index in [9.17, 15) is 4.79 Å². The molecule has 0 atom stereocenters. The molecular weight excluding hydrogens is 244 g/mol. The van der Waals surface area contributed by atoms with Gasteiger partial charge in [0, 0.05) is 0 Å². The molecule has 0 spiro atoms. The molecule has 3 N–H and O–H groups in total. The number of furan rings is 1. The van der Waals surface area contributed by atoms with Crippen LogP contribution in [0.1, 0.15) is 23.0 Å². The highest BCUT2D eigenvalue weighted by Crippen LogP contribution is 2.26. The van der Waals surface area contributed by atoms with Crippen LogP contribution in [0.25, 0.3) is 0 Å². The molecule has 1 heterocycles. The number of hydrogen-bond acceptors (Lipinski definition) is 4. The molecule has 5 heteroatoms. The molecule has 0 unspecified atom stereocenters. The average Bonchev–Trinajstić information content (AvgIpc) is 2.92. The summed E-state index contributed by atoms with van der Waals surface area (Å²) in [6.07, 6.45) is 1.56. The van der Waals surface area contributed by atoms with Gasteiger partial charge in [0.05, 0.1) is 30.7 Å². The van der Waals surface area contributed by atoms with Gasteiger partial charge in [0.25, 0.3) is 5.91 Å². The fourth-order valence-corrected chi connectivity index (χ4v) is 1.71. The van der Waals surface area contributed by atoms with Gasteiger partial charge >= 0.3 is 0 Å². The van der Waals surface area contributed by atoms with Gasteiger partial charge in [0.2, 0.25) is 0 Å². The van der Waals surface area contributed by atoms with Crippen LogP contribution in [0.15, 0.2) is 41.0 Å². The van der Waals surface area contributed by atoms with Gasteiger partial charge in [-0.3, -0.25) is 4.79 Å². The zero-order valence-electron chi connectivity index (χ0n) is 10.7. The Morgan fingerprint density at radius 2 is 2.21 bits per heavy atom. The molecule has 0 radical (unpaired) electrons. The van der Waals surface area contributed by atoms with Crippen molar-refractivity contribution in [1.29, 1.82) is 0 Å². The van der Waals surface area contributed by atoms with Gasteiger partial charge in [-0.15, -0.1) is 0 Å². The van der Waals surface area contributed by atoms with Gasteiger partial charge < -0.3 is 20.2 Å². The summed E-state index contributed by atoms with van der Waals surface area (Å²) in [7, 11) is 0. The Balaban J connectivity index is 2.12. The predicted octanol–water partition coefficient (Wildman–Crippen LogP) is 2.19. The van der Waals surface area contributed by atoms with E-state index < -0.39 is 0 Å². The van der Waals surface area contributed by atoms with Crippen molar-refractivity contribution in [1.82, 2.24) is 5.32 Å². The van der Waals surface area contributed by atoms with Crippen LogP contribution >= 0.6 is 0 Å². The minimum Gasteiger partial charge on any atom is -0.491 e. The van der Waals surface area contributed by atoms with Crippen LogP contribution in [-0.4, -0.2) is 12.5 Å². The maximum Gasteiger partial charge on any atom is 0.255 e. The van der Waals surface area contributed by atoms with Gasteiger partial charge in [0.1, 0.15) is 5.76 Å². The number of hydrogen-bond donors (Lipinski definition) is 2. The molecule has 100 valence electrons. The second kappa shape index (κ2) is 5.95. The average molecular weight is 260 g/mol. The number of carbonyl (C=O) groups excluding carboxylic acids is 1. The minimum atomic E-state index is -0.243. The van der Waals surface area contributed by atoms with Crippen LogP contribution in [0, 0.1) is 0 Å². The first-order chi connectivity index (χ1) is 9.22. The Hall–Kier alpha value is -2.43. The van der Waals surface area contributed by atoms with Crippen LogP contribution in [-0.2, 0) is 6.54 Å². The fourth-order valence-electron chi connectivity index (χ4n) is 1.71. The second-order valence-electron chi connectivity index (χ2n) is 3.92. The smallest absolute Gasteiger partial charge is 0.255 e. The predicted molar refractivity (Wildman–Crippen MR) is 71.9 cm³/mol. The zero-order valence-corrected chi connectivity index (χ0v) is 10.7. The van der Waals surface area contributed by atoms with E-state index in [-0.39, 0.29) is 5.91 Å². The lowest BCUT2D eigenvalue weighted by Gasteiger charge is -2.12. The number of nitrogens with two attached hydrogens (primary N) is 1. The number of carbonyl (C=O) groups is 1. The van der Waals surface area contributed by atoms with E-state index >= 15 is 0 Å². The number of nitrogens with one attached hydrogen (secondary N) is 1. The monoisotopic (exact) mass is 260 g/mol. The molecule has 19 heavy (non-hydrogen) atoms. The molecule has 0 bridgehead atoms. The topological polar surface area (TPSA) is 77.5 Å². The maximum atomic E-state index is 12.1. The Bertz CT molecular complexity index is 550. The minimum absolute atomic E-state index is 0.243. The van der Waals surface area contributed by atoms with Gasteiger partial charge in [-0.25, -0.2) is 0 Å². The number of rotatable bonds is 5. The van der Waals surface area contributed by atoms with Crippen LogP contribution in [0.4, 0.5) is 5.69 Å². The summed E-state index contributed by atoms with van der Waals surface area (Å²) in [5.74, 6) is 0.865. The zero-order chi connectivity index (χ0) is 13.7. The molecular formula is C14H16N2O3. The van der Waals surface area contributed by atoms with Crippen LogP contribution < -0.4 is 15.8 Å². The molecule has 2 rings (SSSR count). The van der Waals surface area contributed by atoms with Crippen LogP contribution in [0.2, 0.25) is 0 Å². The van der Waals surface area contributed by atoms with E-state index in [2.05, 4.69) is 5.32 Å². The van der Waals surface area contributed by atoms with Crippen molar-refractivity contribution in [2.75, 3.05) is 12.3 Å². The molecule has 0 saturated heterocycles. The summed E-state index contributed by atoms with van der Waals surface area (Å²) in [6.45, 7) is 2.62. The Labute approximate surface area is 111 Å². The van der Waals surface area contributed by atoms with E-state index in [0.717, 1.165) is 0 Å². The van der Waals surface area contributed by atoms with Crippen LogP contribution in [0.3, 0.4) is 0 Å². The van der Waals surface area contributed by atoms with E-state index in [0.29, 0.717) is 35.9 Å². The summed E-state index contributed by atoms with van der Waals surface area (Å²) < 4.78 is 10.6. The molecule has 2 aromatic rings. The lowest BCUT2D eigenvalue weighted by atomic mass is 10.1. The molecule has 0 fully saturated rings. The Morgan fingerprint density at radius 1 is 1.37 bits per heavy atom. The highest BCUT2D eigenvalue weighted by atomic mass is 16.5. The number of benzene rings is 1. The third kappa shape index (κ3) is 3.07. The maximum absolute atomic E-state index is 12.1. The van der Waals surface area contributed by atoms with E-state index in [1.54, 1.807) is 36.6 Å². The standard InChI is InChI=1S/C14H16N2O3/c1-2-18-13-11(6-3-7-12(13)15)14(17)16-9-10-5-4-8-19-10/h3-8H,2,9,15H2,1H3,(H,16,17). The van der Waals surface area contributed by atoms with Crippen molar-refractivity contribution >= 4 is 11.6 Å². The van der Waals surface area contributed by atoms with Crippen molar-refractivity contribution in [3.05, 3.63) is 47.9 Å². The molecule has 1 amide bonds. The normalized spacial score (nSPS) is 10.2. The molecule has 0 aliphatic rings. The lowest BCUT2D eigenvalue weighted by molar-refractivity contribution is 0.0944. The van der Waals surface area contributed by atoms with Crippen molar-refractivity contribution in [2.24, 2.45) is 0 Å². The summed E-state index contributed by atoms with van der Waals surface area (Å²) in [6, 6.07) is 8.67. The Kier molecular flexibility index (Phi) is 4.07.